The van der Waals surface area contributed by atoms with Crippen molar-refractivity contribution in [1.29, 1.82) is 0 Å². The minimum atomic E-state index is -0.668. The molecule has 1 amide bonds. The first-order valence-electron chi connectivity index (χ1n) is 6.95. The molecule has 1 aliphatic carbocycles. The van der Waals surface area contributed by atoms with E-state index in [9.17, 15) is 9.59 Å². The van der Waals surface area contributed by atoms with Gasteiger partial charge in [-0.25, -0.2) is 4.79 Å². The van der Waals surface area contributed by atoms with Gasteiger partial charge >= 0.3 is 12.1 Å². The van der Waals surface area contributed by atoms with Crippen LogP contribution in [-0.2, 0) is 9.53 Å². The van der Waals surface area contributed by atoms with E-state index in [1.807, 2.05) is 20.8 Å². The molecule has 0 aromatic rings. The quantitative estimate of drug-likeness (QED) is 0.728. The summed E-state index contributed by atoms with van der Waals surface area (Å²) in [7, 11) is 0. The summed E-state index contributed by atoms with van der Waals surface area (Å²) in [5.41, 5.74) is -0.963. The zero-order chi connectivity index (χ0) is 14.5. The summed E-state index contributed by atoms with van der Waals surface area (Å²) >= 11 is 0. The van der Waals surface area contributed by atoms with Gasteiger partial charge in [0.05, 0.1) is 5.41 Å². The van der Waals surface area contributed by atoms with Crippen molar-refractivity contribution in [3.63, 3.8) is 0 Å². The third kappa shape index (κ3) is 5.09. The van der Waals surface area contributed by atoms with Crippen LogP contribution in [0.5, 0.6) is 0 Å². The first-order valence-corrected chi connectivity index (χ1v) is 6.95. The lowest BCUT2D eigenvalue weighted by Crippen LogP contribution is -2.38. The SMILES string of the molecule is CC(C)(C)OC(=O)NCCCCC1(C(=O)O)CCC1. The van der Waals surface area contributed by atoms with Crippen molar-refractivity contribution in [2.75, 3.05) is 6.54 Å². The number of ether oxygens (including phenoxy) is 1. The number of unbranched alkanes of at least 4 members (excludes halogenated alkanes) is 1. The van der Waals surface area contributed by atoms with Crippen molar-refractivity contribution >= 4 is 12.1 Å². The molecular formula is C14H25NO4. The largest absolute Gasteiger partial charge is 0.481 e. The van der Waals surface area contributed by atoms with E-state index in [1.165, 1.54) is 0 Å². The smallest absolute Gasteiger partial charge is 0.407 e. The number of rotatable bonds is 6. The monoisotopic (exact) mass is 271 g/mol. The number of carbonyl (C=O) groups excluding carboxylic acids is 1. The number of nitrogens with one attached hydrogen (secondary N) is 1. The molecule has 0 bridgehead atoms. The Morgan fingerprint density at radius 3 is 2.32 bits per heavy atom. The topological polar surface area (TPSA) is 75.6 Å². The molecule has 5 heteroatoms. The van der Waals surface area contributed by atoms with Gasteiger partial charge in [-0.15, -0.1) is 0 Å². The Morgan fingerprint density at radius 2 is 1.89 bits per heavy atom. The molecule has 0 aromatic heterocycles. The van der Waals surface area contributed by atoms with Crippen molar-refractivity contribution in [3.8, 4) is 0 Å². The van der Waals surface area contributed by atoms with Gasteiger partial charge in [-0.3, -0.25) is 4.79 Å². The van der Waals surface area contributed by atoms with Gasteiger partial charge in [0.2, 0.25) is 0 Å². The molecule has 1 aliphatic rings. The Hall–Kier alpha value is -1.26. The van der Waals surface area contributed by atoms with Crippen LogP contribution in [0.25, 0.3) is 0 Å². The molecular weight excluding hydrogens is 246 g/mol. The normalized spacial score (nSPS) is 17.4. The van der Waals surface area contributed by atoms with Crippen LogP contribution in [-0.4, -0.2) is 29.3 Å². The minimum Gasteiger partial charge on any atom is -0.481 e. The number of carboxylic acid groups (broad SMARTS) is 1. The van der Waals surface area contributed by atoms with Crippen molar-refractivity contribution < 1.29 is 19.4 Å². The van der Waals surface area contributed by atoms with Crippen LogP contribution < -0.4 is 5.32 Å². The molecule has 0 saturated heterocycles. The lowest BCUT2D eigenvalue weighted by Gasteiger charge is -2.37. The average Bonchev–Trinajstić information content (AvgIpc) is 2.17. The highest BCUT2D eigenvalue weighted by atomic mass is 16.6. The number of carbonyl (C=O) groups is 2. The highest BCUT2D eigenvalue weighted by Gasteiger charge is 2.43. The maximum Gasteiger partial charge on any atom is 0.407 e. The van der Waals surface area contributed by atoms with Crippen LogP contribution in [0.15, 0.2) is 0 Å². The maximum absolute atomic E-state index is 11.4. The van der Waals surface area contributed by atoms with E-state index >= 15 is 0 Å². The van der Waals surface area contributed by atoms with Gasteiger partial charge in [-0.05, 0) is 46.5 Å². The molecule has 1 saturated carbocycles. The third-order valence-electron chi connectivity index (χ3n) is 3.51. The van der Waals surface area contributed by atoms with Crippen LogP contribution in [0.4, 0.5) is 4.79 Å². The molecule has 1 rings (SSSR count). The standard InChI is InChI=1S/C14H25NO4/c1-13(2,3)19-12(18)15-10-5-4-7-14(11(16)17)8-6-9-14/h4-10H2,1-3H3,(H,15,18)(H,16,17). The van der Waals surface area contributed by atoms with E-state index in [4.69, 9.17) is 9.84 Å². The summed E-state index contributed by atoms with van der Waals surface area (Å²) in [6.07, 6.45) is 4.50. The fraction of sp³-hybridized carbons (Fsp3) is 0.857. The summed E-state index contributed by atoms with van der Waals surface area (Å²) in [4.78, 5) is 22.5. The van der Waals surface area contributed by atoms with E-state index in [-0.39, 0.29) is 0 Å². The third-order valence-corrected chi connectivity index (χ3v) is 3.51. The second-order valence-corrected chi connectivity index (χ2v) is 6.32. The van der Waals surface area contributed by atoms with Gasteiger partial charge in [-0.1, -0.05) is 12.8 Å². The minimum absolute atomic E-state index is 0.413. The van der Waals surface area contributed by atoms with E-state index in [2.05, 4.69) is 5.32 Å². The molecule has 1 fully saturated rings. The molecule has 0 aliphatic heterocycles. The second kappa shape index (κ2) is 6.26. The van der Waals surface area contributed by atoms with E-state index < -0.39 is 23.1 Å². The average molecular weight is 271 g/mol. The van der Waals surface area contributed by atoms with Crippen molar-refractivity contribution in [2.45, 2.75) is 64.9 Å². The predicted molar refractivity (Wildman–Crippen MR) is 72.0 cm³/mol. The number of hydrogen-bond acceptors (Lipinski definition) is 3. The Kier molecular flexibility index (Phi) is 5.20. The van der Waals surface area contributed by atoms with Gasteiger partial charge in [-0.2, -0.15) is 0 Å². The molecule has 0 heterocycles. The summed E-state index contributed by atoms with van der Waals surface area (Å²) < 4.78 is 5.11. The Bertz CT molecular complexity index is 329. The van der Waals surface area contributed by atoms with Crippen LogP contribution in [0.2, 0.25) is 0 Å². The van der Waals surface area contributed by atoms with Crippen LogP contribution >= 0.6 is 0 Å². The van der Waals surface area contributed by atoms with Gasteiger partial charge < -0.3 is 15.2 Å². The van der Waals surface area contributed by atoms with Gasteiger partial charge in [0.1, 0.15) is 5.60 Å². The lowest BCUT2D eigenvalue weighted by atomic mass is 9.66. The molecule has 0 atom stereocenters. The fourth-order valence-electron chi connectivity index (χ4n) is 2.27. The molecule has 110 valence electrons. The molecule has 0 aromatic carbocycles. The molecule has 19 heavy (non-hydrogen) atoms. The number of hydrogen-bond donors (Lipinski definition) is 2. The van der Waals surface area contributed by atoms with E-state index in [1.54, 1.807) is 0 Å². The highest BCUT2D eigenvalue weighted by molar-refractivity contribution is 5.75. The molecule has 0 spiro atoms. The Balaban J connectivity index is 2.11. The number of alkyl carbamates (subject to hydrolysis) is 1. The molecule has 5 nitrogen and oxygen atoms in total. The summed E-state index contributed by atoms with van der Waals surface area (Å²) in [5, 5.41) is 11.8. The fourth-order valence-corrected chi connectivity index (χ4v) is 2.27. The van der Waals surface area contributed by atoms with Gasteiger partial charge in [0.25, 0.3) is 0 Å². The first kappa shape index (κ1) is 15.8. The van der Waals surface area contributed by atoms with Crippen molar-refractivity contribution in [3.05, 3.63) is 0 Å². The zero-order valence-electron chi connectivity index (χ0n) is 12.1. The molecule has 2 N–H and O–H groups in total. The van der Waals surface area contributed by atoms with Gasteiger partial charge in [0, 0.05) is 6.54 Å². The molecule has 0 unspecified atom stereocenters. The van der Waals surface area contributed by atoms with Crippen LogP contribution in [0.1, 0.15) is 59.3 Å². The number of carboxylic acids is 1. The Labute approximate surface area is 114 Å². The first-order chi connectivity index (χ1) is 8.75. The molecule has 0 radical (unpaired) electrons. The number of amides is 1. The second-order valence-electron chi connectivity index (χ2n) is 6.32. The summed E-state index contributed by atoms with van der Waals surface area (Å²) in [5.74, 6) is -0.668. The maximum atomic E-state index is 11.4. The van der Waals surface area contributed by atoms with E-state index in [0.717, 1.165) is 32.1 Å². The van der Waals surface area contributed by atoms with Crippen LogP contribution in [0, 0.1) is 5.41 Å². The van der Waals surface area contributed by atoms with Crippen LogP contribution in [0.3, 0.4) is 0 Å². The zero-order valence-corrected chi connectivity index (χ0v) is 12.1. The summed E-state index contributed by atoms with van der Waals surface area (Å²) in [6.45, 7) is 5.99. The van der Waals surface area contributed by atoms with E-state index in [0.29, 0.717) is 13.0 Å². The highest BCUT2D eigenvalue weighted by Crippen LogP contribution is 2.45. The van der Waals surface area contributed by atoms with Crippen molar-refractivity contribution in [1.82, 2.24) is 5.32 Å². The Morgan fingerprint density at radius 1 is 1.26 bits per heavy atom. The number of aliphatic carboxylic acids is 1. The summed E-state index contributed by atoms with van der Waals surface area (Å²) in [6, 6.07) is 0. The van der Waals surface area contributed by atoms with Crippen molar-refractivity contribution in [2.24, 2.45) is 5.41 Å². The lowest BCUT2D eigenvalue weighted by molar-refractivity contribution is -0.155. The van der Waals surface area contributed by atoms with Gasteiger partial charge in [0.15, 0.2) is 0 Å². The predicted octanol–water partition coefficient (Wildman–Crippen LogP) is 2.94.